The Morgan fingerprint density at radius 2 is 1.70 bits per heavy atom. The smallest absolute Gasteiger partial charge is 0.159 e. The minimum atomic E-state index is -0.378. The first-order valence-corrected chi connectivity index (χ1v) is 7.61. The van der Waals surface area contributed by atoms with E-state index in [1.54, 1.807) is 6.92 Å². The van der Waals surface area contributed by atoms with Crippen LogP contribution in [0.1, 0.15) is 57.0 Å². The number of carbonyl (C=O) groups excluding carboxylic acids is 1. The van der Waals surface area contributed by atoms with Crippen molar-refractivity contribution in [3.05, 3.63) is 35.4 Å². The molecule has 0 aliphatic rings. The largest absolute Gasteiger partial charge is 0.371 e. The molecular weight excluding hydrogens is 367 g/mol. The van der Waals surface area contributed by atoms with Gasteiger partial charge in [0.2, 0.25) is 0 Å². The van der Waals surface area contributed by atoms with Gasteiger partial charge in [-0.1, -0.05) is 24.3 Å². The molecule has 0 N–H and O–H groups in total. The van der Waals surface area contributed by atoms with Crippen LogP contribution in [0.15, 0.2) is 24.3 Å². The molecule has 0 aliphatic heterocycles. The monoisotopic (exact) mass is 390 g/mol. The van der Waals surface area contributed by atoms with Gasteiger partial charge in [0, 0.05) is 12.0 Å². The van der Waals surface area contributed by atoms with Gasteiger partial charge in [0.1, 0.15) is 23.0 Å². The van der Waals surface area contributed by atoms with Crippen LogP contribution in [0.4, 0.5) is 0 Å². The fourth-order valence-electron chi connectivity index (χ4n) is 1.78. The Morgan fingerprint density at radius 3 is 2.15 bits per heavy atom. The molecule has 1 aromatic rings. The lowest BCUT2D eigenvalue weighted by atomic mass is 9.96. The molecule has 1 aromatic carbocycles. The van der Waals surface area contributed by atoms with Gasteiger partial charge in [0.25, 0.3) is 0 Å². The SMILES string of the molecule is CC(=O)c1ccc(C(C)(C)OCCC(C)(C)OI)cc1. The molecule has 0 fully saturated rings. The van der Waals surface area contributed by atoms with Crippen molar-refractivity contribution < 1.29 is 12.6 Å². The Bertz CT molecular complexity index is 449. The molecule has 0 amide bonds. The van der Waals surface area contributed by atoms with Gasteiger partial charge < -0.3 is 7.80 Å². The molecule has 3 nitrogen and oxygen atoms in total. The first-order chi connectivity index (χ1) is 9.18. The standard InChI is InChI=1S/C16H23IO3/c1-12(18)13-6-8-14(9-7-13)16(4,5)19-11-10-15(2,3)20-17/h6-9H,10-11H2,1-5H3. The molecule has 0 saturated heterocycles. The second-order valence-electron chi connectivity index (χ2n) is 6.08. The van der Waals surface area contributed by atoms with Crippen molar-refractivity contribution in [2.24, 2.45) is 0 Å². The molecule has 0 bridgehead atoms. The second kappa shape index (κ2) is 7.00. The number of ketones is 1. The number of ether oxygens (including phenoxy) is 1. The van der Waals surface area contributed by atoms with Crippen molar-refractivity contribution >= 4 is 28.8 Å². The number of hydrogen-bond donors (Lipinski definition) is 0. The number of hydrogen-bond acceptors (Lipinski definition) is 3. The lowest BCUT2D eigenvalue weighted by Gasteiger charge is -2.28. The Morgan fingerprint density at radius 1 is 1.15 bits per heavy atom. The zero-order valence-corrected chi connectivity index (χ0v) is 15.0. The van der Waals surface area contributed by atoms with Crippen molar-refractivity contribution in [1.29, 1.82) is 0 Å². The van der Waals surface area contributed by atoms with E-state index >= 15 is 0 Å². The number of halogens is 1. The summed E-state index contributed by atoms with van der Waals surface area (Å²) in [5.74, 6) is 0.0798. The minimum Gasteiger partial charge on any atom is -0.371 e. The Labute approximate surface area is 135 Å². The molecule has 0 saturated carbocycles. The van der Waals surface area contributed by atoms with Crippen LogP contribution < -0.4 is 0 Å². The van der Waals surface area contributed by atoms with Crippen LogP contribution >= 0.6 is 23.0 Å². The van der Waals surface area contributed by atoms with E-state index in [-0.39, 0.29) is 17.0 Å². The predicted octanol–water partition coefficient (Wildman–Crippen LogP) is 4.68. The maximum absolute atomic E-state index is 11.3. The fourth-order valence-corrected chi connectivity index (χ4v) is 2.00. The molecule has 1 rings (SSSR count). The lowest BCUT2D eigenvalue weighted by molar-refractivity contribution is -0.0389. The number of benzene rings is 1. The van der Waals surface area contributed by atoms with Gasteiger partial charge in [-0.3, -0.25) is 4.79 Å². The van der Waals surface area contributed by atoms with Crippen LogP contribution in [0.2, 0.25) is 0 Å². The summed E-state index contributed by atoms with van der Waals surface area (Å²) in [4.78, 5) is 11.3. The van der Waals surface area contributed by atoms with Crippen molar-refractivity contribution in [3.8, 4) is 0 Å². The maximum Gasteiger partial charge on any atom is 0.159 e. The Balaban J connectivity index is 2.66. The van der Waals surface area contributed by atoms with E-state index in [2.05, 4.69) is 0 Å². The van der Waals surface area contributed by atoms with E-state index in [0.29, 0.717) is 6.61 Å². The van der Waals surface area contributed by atoms with Crippen LogP contribution in [-0.2, 0) is 13.4 Å². The maximum atomic E-state index is 11.3. The van der Waals surface area contributed by atoms with Crippen molar-refractivity contribution in [3.63, 3.8) is 0 Å². The van der Waals surface area contributed by atoms with E-state index in [1.165, 1.54) is 0 Å². The Hall–Kier alpha value is -0.460. The second-order valence-corrected chi connectivity index (χ2v) is 6.52. The summed E-state index contributed by atoms with van der Waals surface area (Å²) in [5, 5.41) is 0. The average Bonchev–Trinajstić information content (AvgIpc) is 2.38. The lowest BCUT2D eigenvalue weighted by Crippen LogP contribution is -2.27. The molecule has 20 heavy (non-hydrogen) atoms. The van der Waals surface area contributed by atoms with E-state index < -0.39 is 0 Å². The van der Waals surface area contributed by atoms with Gasteiger partial charge in [-0.2, -0.15) is 0 Å². The number of Topliss-reactive ketones (excluding diaryl/α,β-unsaturated/α-hetero) is 1. The summed E-state index contributed by atoms with van der Waals surface area (Å²) in [6.45, 7) is 10.3. The highest BCUT2D eigenvalue weighted by Gasteiger charge is 2.24. The molecule has 0 aliphatic carbocycles. The highest BCUT2D eigenvalue weighted by atomic mass is 127. The van der Waals surface area contributed by atoms with E-state index in [1.807, 2.05) is 75.0 Å². The average molecular weight is 390 g/mol. The zero-order valence-electron chi connectivity index (χ0n) is 12.8. The van der Waals surface area contributed by atoms with Crippen molar-refractivity contribution in [2.75, 3.05) is 6.61 Å². The highest BCUT2D eigenvalue weighted by molar-refractivity contribution is 14.1. The molecule has 0 unspecified atom stereocenters. The van der Waals surface area contributed by atoms with E-state index in [9.17, 15) is 4.79 Å². The number of rotatable bonds is 7. The summed E-state index contributed by atoms with van der Waals surface area (Å²) in [6.07, 6.45) is 0.824. The summed E-state index contributed by atoms with van der Waals surface area (Å²) in [6, 6.07) is 7.61. The normalized spacial score (nSPS) is 12.5. The summed E-state index contributed by atoms with van der Waals surface area (Å²) in [5.41, 5.74) is 1.23. The molecule has 0 heterocycles. The molecule has 0 radical (unpaired) electrons. The van der Waals surface area contributed by atoms with Crippen LogP contribution in [0.25, 0.3) is 0 Å². The Kier molecular flexibility index (Phi) is 6.16. The summed E-state index contributed by atoms with van der Waals surface area (Å²) in [7, 11) is 0. The van der Waals surface area contributed by atoms with Crippen LogP contribution in [0.5, 0.6) is 0 Å². The number of carbonyl (C=O) groups is 1. The predicted molar refractivity (Wildman–Crippen MR) is 89.2 cm³/mol. The van der Waals surface area contributed by atoms with Gasteiger partial charge in [-0.15, -0.1) is 0 Å². The van der Waals surface area contributed by atoms with Gasteiger partial charge in [0.15, 0.2) is 5.78 Å². The van der Waals surface area contributed by atoms with Crippen molar-refractivity contribution in [2.45, 2.75) is 52.2 Å². The molecule has 0 atom stereocenters. The van der Waals surface area contributed by atoms with Crippen LogP contribution in [-0.4, -0.2) is 18.0 Å². The highest BCUT2D eigenvalue weighted by Crippen LogP contribution is 2.27. The first-order valence-electron chi connectivity index (χ1n) is 6.73. The van der Waals surface area contributed by atoms with E-state index in [4.69, 9.17) is 7.80 Å². The summed E-state index contributed by atoms with van der Waals surface area (Å²) < 4.78 is 11.3. The van der Waals surface area contributed by atoms with Gasteiger partial charge in [0.05, 0.1) is 17.8 Å². The zero-order chi connectivity index (χ0) is 15.4. The van der Waals surface area contributed by atoms with E-state index in [0.717, 1.165) is 17.5 Å². The third-order valence-electron chi connectivity index (χ3n) is 3.36. The van der Waals surface area contributed by atoms with Crippen LogP contribution in [0.3, 0.4) is 0 Å². The van der Waals surface area contributed by atoms with Gasteiger partial charge >= 0.3 is 0 Å². The topological polar surface area (TPSA) is 35.5 Å². The quantitative estimate of drug-likeness (QED) is 0.501. The first kappa shape index (κ1) is 17.6. The third-order valence-corrected chi connectivity index (χ3v) is 4.55. The summed E-state index contributed by atoms with van der Waals surface area (Å²) >= 11 is 1.92. The molecular formula is C16H23IO3. The van der Waals surface area contributed by atoms with Crippen molar-refractivity contribution in [1.82, 2.24) is 0 Å². The third kappa shape index (κ3) is 5.14. The van der Waals surface area contributed by atoms with Gasteiger partial charge in [-0.05, 0) is 40.2 Å². The van der Waals surface area contributed by atoms with Crippen LogP contribution in [0, 0.1) is 0 Å². The minimum absolute atomic E-state index is 0.0798. The van der Waals surface area contributed by atoms with Gasteiger partial charge in [-0.25, -0.2) is 0 Å². The molecule has 0 spiro atoms. The molecule has 4 heteroatoms. The molecule has 0 aromatic heterocycles. The fraction of sp³-hybridized carbons (Fsp3) is 0.562. The molecule has 112 valence electrons.